The first-order valence-corrected chi connectivity index (χ1v) is 6.90. The summed E-state index contributed by atoms with van der Waals surface area (Å²) >= 11 is 0. The van der Waals surface area contributed by atoms with E-state index in [0.29, 0.717) is 24.6 Å². The molecule has 1 aromatic heterocycles. The molecule has 0 aliphatic heterocycles. The van der Waals surface area contributed by atoms with E-state index in [1.54, 1.807) is 11.0 Å². The van der Waals surface area contributed by atoms with Crippen molar-refractivity contribution < 1.29 is 13.6 Å². The summed E-state index contributed by atoms with van der Waals surface area (Å²) in [5.41, 5.74) is 0.579. The first-order chi connectivity index (χ1) is 10.5. The van der Waals surface area contributed by atoms with Gasteiger partial charge in [-0.15, -0.1) is 10.2 Å². The molecule has 0 spiro atoms. The number of benzene rings is 1. The van der Waals surface area contributed by atoms with E-state index in [4.69, 9.17) is 0 Å². The number of amides is 1. The van der Waals surface area contributed by atoms with Crippen molar-refractivity contribution in [3.8, 4) is 0 Å². The van der Waals surface area contributed by atoms with Crippen LogP contribution in [-0.4, -0.2) is 34.1 Å². The SMILES string of the molecule is CCN(CC)C(=O)c1ccc(Nc2ccc(F)c(F)c2)nn1. The zero-order valence-electron chi connectivity index (χ0n) is 12.3. The van der Waals surface area contributed by atoms with Gasteiger partial charge in [0.25, 0.3) is 5.91 Å². The van der Waals surface area contributed by atoms with Crippen LogP contribution in [0.2, 0.25) is 0 Å². The van der Waals surface area contributed by atoms with Crippen molar-refractivity contribution in [2.75, 3.05) is 18.4 Å². The zero-order chi connectivity index (χ0) is 16.1. The smallest absolute Gasteiger partial charge is 0.274 e. The number of aromatic nitrogens is 2. The molecule has 1 N–H and O–H groups in total. The average Bonchev–Trinajstić information content (AvgIpc) is 2.53. The zero-order valence-corrected chi connectivity index (χ0v) is 12.3. The number of rotatable bonds is 5. The van der Waals surface area contributed by atoms with E-state index in [2.05, 4.69) is 15.5 Å². The summed E-state index contributed by atoms with van der Waals surface area (Å²) in [5.74, 6) is -1.73. The van der Waals surface area contributed by atoms with Gasteiger partial charge in [0, 0.05) is 24.8 Å². The Labute approximate surface area is 127 Å². The van der Waals surface area contributed by atoms with Gasteiger partial charge in [-0.2, -0.15) is 0 Å². The topological polar surface area (TPSA) is 58.1 Å². The standard InChI is InChI=1S/C15H16F2N4O/c1-3-21(4-2)15(22)13-7-8-14(20-19-13)18-10-5-6-11(16)12(17)9-10/h5-9H,3-4H2,1-2H3,(H,18,20). The summed E-state index contributed by atoms with van der Waals surface area (Å²) < 4.78 is 26.0. The summed E-state index contributed by atoms with van der Waals surface area (Å²) in [7, 11) is 0. The third-order valence-corrected chi connectivity index (χ3v) is 3.13. The van der Waals surface area contributed by atoms with Crippen molar-refractivity contribution in [3.05, 3.63) is 47.7 Å². The Morgan fingerprint density at radius 1 is 1.09 bits per heavy atom. The lowest BCUT2D eigenvalue weighted by Gasteiger charge is -2.17. The van der Waals surface area contributed by atoms with Crippen LogP contribution >= 0.6 is 0 Å². The van der Waals surface area contributed by atoms with Crippen molar-refractivity contribution in [2.24, 2.45) is 0 Å². The molecule has 1 heterocycles. The van der Waals surface area contributed by atoms with Crippen molar-refractivity contribution in [1.29, 1.82) is 0 Å². The van der Waals surface area contributed by atoms with Gasteiger partial charge in [0.2, 0.25) is 0 Å². The Bertz CT molecular complexity index is 657. The highest BCUT2D eigenvalue weighted by molar-refractivity contribution is 5.92. The van der Waals surface area contributed by atoms with E-state index in [9.17, 15) is 13.6 Å². The van der Waals surface area contributed by atoms with E-state index >= 15 is 0 Å². The second-order valence-electron chi connectivity index (χ2n) is 4.54. The van der Waals surface area contributed by atoms with Gasteiger partial charge in [-0.25, -0.2) is 8.78 Å². The monoisotopic (exact) mass is 306 g/mol. The number of carbonyl (C=O) groups is 1. The molecule has 0 saturated heterocycles. The third kappa shape index (κ3) is 3.55. The highest BCUT2D eigenvalue weighted by Gasteiger charge is 2.14. The number of halogens is 2. The summed E-state index contributed by atoms with van der Waals surface area (Å²) in [5, 5.41) is 10.5. The van der Waals surface area contributed by atoms with Crippen molar-refractivity contribution >= 4 is 17.4 Å². The predicted octanol–water partition coefficient (Wildman–Crippen LogP) is 2.98. The Morgan fingerprint density at radius 3 is 2.36 bits per heavy atom. The normalized spacial score (nSPS) is 10.4. The molecule has 1 amide bonds. The minimum Gasteiger partial charge on any atom is -0.339 e. The minimum atomic E-state index is -0.953. The van der Waals surface area contributed by atoms with Crippen LogP contribution in [0, 0.1) is 11.6 Å². The summed E-state index contributed by atoms with van der Waals surface area (Å²) in [6, 6.07) is 6.52. The van der Waals surface area contributed by atoms with Crippen LogP contribution in [0.25, 0.3) is 0 Å². The molecule has 1 aromatic carbocycles. The van der Waals surface area contributed by atoms with Gasteiger partial charge in [0.05, 0.1) is 0 Å². The molecule has 0 unspecified atom stereocenters. The molecule has 0 radical (unpaired) electrons. The van der Waals surface area contributed by atoms with Gasteiger partial charge in [-0.05, 0) is 38.1 Å². The Kier molecular flexibility index (Phi) is 4.98. The van der Waals surface area contributed by atoms with Crippen LogP contribution in [0.15, 0.2) is 30.3 Å². The number of nitrogens with zero attached hydrogens (tertiary/aromatic N) is 3. The van der Waals surface area contributed by atoms with Crippen LogP contribution < -0.4 is 5.32 Å². The Hall–Kier alpha value is -2.57. The van der Waals surface area contributed by atoms with Gasteiger partial charge >= 0.3 is 0 Å². The molecule has 7 heteroatoms. The van der Waals surface area contributed by atoms with E-state index in [-0.39, 0.29) is 11.6 Å². The van der Waals surface area contributed by atoms with Crippen molar-refractivity contribution in [3.63, 3.8) is 0 Å². The van der Waals surface area contributed by atoms with Crippen LogP contribution in [0.1, 0.15) is 24.3 Å². The van der Waals surface area contributed by atoms with Crippen molar-refractivity contribution in [1.82, 2.24) is 15.1 Å². The minimum absolute atomic E-state index is 0.197. The summed E-state index contributed by atoms with van der Waals surface area (Å²) in [6.45, 7) is 4.94. The fraction of sp³-hybridized carbons (Fsp3) is 0.267. The van der Waals surface area contributed by atoms with Gasteiger partial charge in [0.15, 0.2) is 23.1 Å². The second-order valence-corrected chi connectivity index (χ2v) is 4.54. The molecule has 0 aliphatic carbocycles. The highest BCUT2D eigenvalue weighted by atomic mass is 19.2. The van der Waals surface area contributed by atoms with Crippen LogP contribution in [-0.2, 0) is 0 Å². The molecule has 0 saturated carbocycles. The lowest BCUT2D eigenvalue weighted by molar-refractivity contribution is 0.0766. The Balaban J connectivity index is 2.11. The van der Waals surface area contributed by atoms with Gasteiger partial charge in [-0.3, -0.25) is 4.79 Å². The average molecular weight is 306 g/mol. The molecule has 22 heavy (non-hydrogen) atoms. The van der Waals surface area contributed by atoms with E-state index in [0.717, 1.165) is 12.1 Å². The van der Waals surface area contributed by atoms with Crippen LogP contribution in [0.4, 0.5) is 20.3 Å². The fourth-order valence-electron chi connectivity index (χ4n) is 1.91. The van der Waals surface area contributed by atoms with Gasteiger partial charge < -0.3 is 10.2 Å². The number of hydrogen-bond acceptors (Lipinski definition) is 4. The first-order valence-electron chi connectivity index (χ1n) is 6.90. The maximum absolute atomic E-state index is 13.1. The number of nitrogens with one attached hydrogen (secondary N) is 1. The molecule has 5 nitrogen and oxygen atoms in total. The van der Waals surface area contributed by atoms with E-state index < -0.39 is 11.6 Å². The number of anilines is 2. The fourth-order valence-corrected chi connectivity index (χ4v) is 1.91. The van der Waals surface area contributed by atoms with Crippen molar-refractivity contribution in [2.45, 2.75) is 13.8 Å². The van der Waals surface area contributed by atoms with E-state index in [1.165, 1.54) is 12.1 Å². The van der Waals surface area contributed by atoms with Crippen LogP contribution in [0.5, 0.6) is 0 Å². The predicted molar refractivity (Wildman–Crippen MR) is 78.9 cm³/mol. The maximum Gasteiger partial charge on any atom is 0.274 e. The summed E-state index contributed by atoms with van der Waals surface area (Å²) in [4.78, 5) is 13.7. The second kappa shape index (κ2) is 6.93. The third-order valence-electron chi connectivity index (χ3n) is 3.13. The molecule has 2 rings (SSSR count). The van der Waals surface area contributed by atoms with Gasteiger partial charge in [-0.1, -0.05) is 0 Å². The van der Waals surface area contributed by atoms with Crippen LogP contribution in [0.3, 0.4) is 0 Å². The van der Waals surface area contributed by atoms with E-state index in [1.807, 2.05) is 13.8 Å². The lowest BCUT2D eigenvalue weighted by atomic mass is 10.3. The molecule has 0 fully saturated rings. The lowest BCUT2D eigenvalue weighted by Crippen LogP contribution is -2.31. The molecule has 116 valence electrons. The Morgan fingerprint density at radius 2 is 1.82 bits per heavy atom. The molecule has 0 atom stereocenters. The quantitative estimate of drug-likeness (QED) is 0.922. The van der Waals surface area contributed by atoms with Gasteiger partial charge in [0.1, 0.15) is 0 Å². The molecule has 0 aliphatic rings. The molecule has 0 bridgehead atoms. The molecule has 2 aromatic rings. The first kappa shape index (κ1) is 15.8. The largest absolute Gasteiger partial charge is 0.339 e. The molecular weight excluding hydrogens is 290 g/mol. The highest BCUT2D eigenvalue weighted by Crippen LogP contribution is 2.17. The summed E-state index contributed by atoms with van der Waals surface area (Å²) in [6.07, 6.45) is 0. The number of hydrogen-bond donors (Lipinski definition) is 1. The maximum atomic E-state index is 13.1. The number of carbonyl (C=O) groups excluding carboxylic acids is 1. The molecular formula is C15H16F2N4O.